The van der Waals surface area contributed by atoms with Crippen LogP contribution in [0.2, 0.25) is 0 Å². The highest BCUT2D eigenvalue weighted by Crippen LogP contribution is 2.33. The summed E-state index contributed by atoms with van der Waals surface area (Å²) in [6, 6.07) is 5.49. The van der Waals surface area contributed by atoms with Crippen LogP contribution in [0.4, 0.5) is 0 Å². The van der Waals surface area contributed by atoms with Gasteiger partial charge in [0, 0.05) is 12.5 Å². The van der Waals surface area contributed by atoms with Gasteiger partial charge in [0.25, 0.3) is 0 Å². The first kappa shape index (κ1) is 13.9. The quantitative estimate of drug-likeness (QED) is 0.812. The lowest BCUT2D eigenvalue weighted by molar-refractivity contribution is 0.180. The number of rotatable bonds is 5. The number of ether oxygens (including phenoxy) is 1. The van der Waals surface area contributed by atoms with Gasteiger partial charge in [-0.25, -0.2) is 0 Å². The zero-order valence-corrected chi connectivity index (χ0v) is 13.0. The number of fused-ring (bicyclic) bond motifs is 2. The third kappa shape index (κ3) is 2.71. The molecule has 1 heterocycles. The molecule has 0 saturated heterocycles. The fourth-order valence-corrected chi connectivity index (χ4v) is 3.78. The first-order valence-electron chi connectivity index (χ1n) is 8.33. The molecule has 0 spiro atoms. The molecule has 0 radical (unpaired) electrons. The molecule has 20 heavy (non-hydrogen) atoms. The summed E-state index contributed by atoms with van der Waals surface area (Å²) >= 11 is 0. The molecule has 0 fully saturated rings. The van der Waals surface area contributed by atoms with Gasteiger partial charge in [-0.1, -0.05) is 19.9 Å². The predicted molar refractivity (Wildman–Crippen MR) is 83.6 cm³/mol. The maximum atomic E-state index is 5.74. The lowest BCUT2D eigenvalue weighted by Gasteiger charge is -2.35. The van der Waals surface area contributed by atoms with E-state index >= 15 is 0 Å². The van der Waals surface area contributed by atoms with Gasteiger partial charge >= 0.3 is 0 Å². The van der Waals surface area contributed by atoms with Gasteiger partial charge in [0.15, 0.2) is 0 Å². The molecule has 0 amide bonds. The largest absolute Gasteiger partial charge is 0.493 e. The molecule has 1 unspecified atom stereocenters. The Labute approximate surface area is 123 Å². The molecule has 1 aliphatic carbocycles. The highest BCUT2D eigenvalue weighted by Gasteiger charge is 2.25. The van der Waals surface area contributed by atoms with Crippen molar-refractivity contribution in [3.05, 3.63) is 28.8 Å². The van der Waals surface area contributed by atoms with Crippen molar-refractivity contribution >= 4 is 0 Å². The molecule has 1 aromatic carbocycles. The number of nitrogens with zero attached hydrogens (tertiary/aromatic N) is 1. The second kappa shape index (κ2) is 6.17. The topological polar surface area (TPSA) is 12.5 Å². The van der Waals surface area contributed by atoms with Crippen LogP contribution in [-0.2, 0) is 19.3 Å². The van der Waals surface area contributed by atoms with Crippen LogP contribution in [0.25, 0.3) is 0 Å². The SMILES string of the molecule is CCCN(CCC)C1CCc2cc3c(cc2C1)OCC3. The number of benzene rings is 1. The second-order valence-corrected chi connectivity index (χ2v) is 6.26. The van der Waals surface area contributed by atoms with E-state index < -0.39 is 0 Å². The number of hydrogen-bond donors (Lipinski definition) is 0. The average molecular weight is 273 g/mol. The molecule has 1 aromatic rings. The molecule has 3 rings (SSSR count). The van der Waals surface area contributed by atoms with Crippen molar-refractivity contribution in [2.75, 3.05) is 19.7 Å². The molecule has 2 nitrogen and oxygen atoms in total. The Morgan fingerprint density at radius 3 is 2.60 bits per heavy atom. The lowest BCUT2D eigenvalue weighted by Crippen LogP contribution is -2.40. The number of aryl methyl sites for hydroxylation is 1. The van der Waals surface area contributed by atoms with Crippen LogP contribution in [0.5, 0.6) is 5.75 Å². The van der Waals surface area contributed by atoms with Crippen molar-refractivity contribution in [2.45, 2.75) is 58.4 Å². The minimum atomic E-state index is 0.738. The summed E-state index contributed by atoms with van der Waals surface area (Å²) in [5.41, 5.74) is 4.55. The standard InChI is InChI=1S/C18H27NO/c1-3-8-19(9-4-2)17-6-5-14-11-15-7-10-20-18(15)13-16(14)12-17/h11,13,17H,3-10,12H2,1-2H3. The second-order valence-electron chi connectivity index (χ2n) is 6.26. The van der Waals surface area contributed by atoms with Crippen molar-refractivity contribution in [3.63, 3.8) is 0 Å². The van der Waals surface area contributed by atoms with Gasteiger partial charge in [0.2, 0.25) is 0 Å². The van der Waals surface area contributed by atoms with E-state index in [2.05, 4.69) is 30.9 Å². The smallest absolute Gasteiger partial charge is 0.122 e. The Morgan fingerprint density at radius 1 is 1.05 bits per heavy atom. The Balaban J connectivity index is 1.77. The summed E-state index contributed by atoms with van der Waals surface area (Å²) in [7, 11) is 0. The molecule has 1 aliphatic heterocycles. The van der Waals surface area contributed by atoms with Gasteiger partial charge in [-0.2, -0.15) is 0 Å². The fourth-order valence-electron chi connectivity index (χ4n) is 3.78. The van der Waals surface area contributed by atoms with E-state index in [4.69, 9.17) is 4.74 Å². The van der Waals surface area contributed by atoms with E-state index in [0.29, 0.717) is 0 Å². The molecule has 2 heteroatoms. The highest BCUT2D eigenvalue weighted by atomic mass is 16.5. The van der Waals surface area contributed by atoms with Crippen molar-refractivity contribution in [3.8, 4) is 5.75 Å². The van der Waals surface area contributed by atoms with Crippen LogP contribution in [0.1, 0.15) is 49.8 Å². The van der Waals surface area contributed by atoms with E-state index in [9.17, 15) is 0 Å². The predicted octanol–water partition coefficient (Wildman–Crippen LogP) is 3.60. The van der Waals surface area contributed by atoms with E-state index in [1.54, 1.807) is 11.1 Å². The van der Waals surface area contributed by atoms with E-state index in [-0.39, 0.29) is 0 Å². The third-order valence-corrected chi connectivity index (χ3v) is 4.75. The normalized spacial score (nSPS) is 20.6. The summed E-state index contributed by atoms with van der Waals surface area (Å²) in [6.07, 6.45) is 7.41. The Morgan fingerprint density at radius 2 is 1.85 bits per heavy atom. The summed E-state index contributed by atoms with van der Waals surface area (Å²) in [5.74, 6) is 1.15. The molecule has 1 atom stereocenters. The number of hydrogen-bond acceptors (Lipinski definition) is 2. The van der Waals surface area contributed by atoms with Gasteiger partial charge in [-0.05, 0) is 68.0 Å². The summed E-state index contributed by atoms with van der Waals surface area (Å²) in [5, 5.41) is 0. The summed E-state index contributed by atoms with van der Waals surface area (Å²) in [4.78, 5) is 2.71. The van der Waals surface area contributed by atoms with Crippen LogP contribution in [-0.4, -0.2) is 30.6 Å². The van der Waals surface area contributed by atoms with Gasteiger partial charge in [-0.3, -0.25) is 0 Å². The first-order valence-corrected chi connectivity index (χ1v) is 8.33. The van der Waals surface area contributed by atoms with Crippen molar-refractivity contribution < 1.29 is 4.74 Å². The van der Waals surface area contributed by atoms with Crippen LogP contribution in [0, 0.1) is 0 Å². The zero-order valence-electron chi connectivity index (χ0n) is 13.0. The molecule has 110 valence electrons. The van der Waals surface area contributed by atoms with Crippen molar-refractivity contribution in [2.24, 2.45) is 0 Å². The Kier molecular flexibility index (Phi) is 4.30. The van der Waals surface area contributed by atoms with E-state index in [1.165, 1.54) is 50.8 Å². The minimum absolute atomic E-state index is 0.738. The first-order chi connectivity index (χ1) is 9.81. The maximum Gasteiger partial charge on any atom is 0.122 e. The highest BCUT2D eigenvalue weighted by molar-refractivity contribution is 5.46. The van der Waals surface area contributed by atoms with Crippen LogP contribution in [0.15, 0.2) is 12.1 Å². The summed E-state index contributed by atoms with van der Waals surface area (Å²) < 4.78 is 5.74. The minimum Gasteiger partial charge on any atom is -0.493 e. The van der Waals surface area contributed by atoms with Gasteiger partial charge in [0.05, 0.1) is 6.61 Å². The van der Waals surface area contributed by atoms with Gasteiger partial charge in [0.1, 0.15) is 5.75 Å². The van der Waals surface area contributed by atoms with E-state index in [0.717, 1.165) is 24.8 Å². The molecule has 0 N–H and O–H groups in total. The van der Waals surface area contributed by atoms with Crippen molar-refractivity contribution in [1.82, 2.24) is 4.90 Å². The Bertz CT molecular complexity index is 463. The molecule has 2 aliphatic rings. The van der Waals surface area contributed by atoms with Crippen LogP contribution >= 0.6 is 0 Å². The maximum absolute atomic E-state index is 5.74. The van der Waals surface area contributed by atoms with Crippen molar-refractivity contribution in [1.29, 1.82) is 0 Å². The van der Waals surface area contributed by atoms with Gasteiger partial charge in [-0.15, -0.1) is 0 Å². The Hall–Kier alpha value is -1.02. The van der Waals surface area contributed by atoms with Gasteiger partial charge < -0.3 is 9.64 Å². The molecular formula is C18H27NO. The van der Waals surface area contributed by atoms with Crippen LogP contribution in [0.3, 0.4) is 0 Å². The molecule has 0 bridgehead atoms. The summed E-state index contributed by atoms with van der Waals surface area (Å²) in [6.45, 7) is 7.95. The third-order valence-electron chi connectivity index (χ3n) is 4.75. The molecule has 0 saturated carbocycles. The fraction of sp³-hybridized carbons (Fsp3) is 0.667. The molecular weight excluding hydrogens is 246 g/mol. The monoisotopic (exact) mass is 273 g/mol. The van der Waals surface area contributed by atoms with Crippen LogP contribution < -0.4 is 4.74 Å². The lowest BCUT2D eigenvalue weighted by atomic mass is 9.86. The zero-order chi connectivity index (χ0) is 13.9. The van der Waals surface area contributed by atoms with E-state index in [1.807, 2.05) is 0 Å². The molecule has 0 aromatic heterocycles. The average Bonchev–Trinajstić information content (AvgIpc) is 2.91.